The Labute approximate surface area is 233 Å². The number of hydrogen-bond acceptors (Lipinski definition) is 5. The third-order valence-corrected chi connectivity index (χ3v) is 7.13. The van der Waals surface area contributed by atoms with Gasteiger partial charge in [0, 0.05) is 19.6 Å². The molecule has 4 rings (SSSR count). The number of hydrogen-bond donors (Lipinski definition) is 2. The van der Waals surface area contributed by atoms with Crippen molar-refractivity contribution in [1.29, 1.82) is 0 Å². The molecule has 2 N–H and O–H groups in total. The highest BCUT2D eigenvalue weighted by molar-refractivity contribution is 6.42. The number of benzene rings is 3. The molecule has 1 saturated heterocycles. The Morgan fingerprint density at radius 1 is 1.00 bits per heavy atom. The number of nitrogens with zero attached hydrogens (tertiary/aromatic N) is 1. The van der Waals surface area contributed by atoms with Gasteiger partial charge in [0.05, 0.1) is 33.5 Å². The van der Waals surface area contributed by atoms with Crippen molar-refractivity contribution in [3.8, 4) is 0 Å². The van der Waals surface area contributed by atoms with Crippen LogP contribution in [0.4, 0.5) is 5.69 Å². The van der Waals surface area contributed by atoms with Crippen molar-refractivity contribution < 1.29 is 9.53 Å². The van der Waals surface area contributed by atoms with Crippen LogP contribution in [0, 0.1) is 0 Å². The Hall–Kier alpha value is -1.83. The van der Waals surface area contributed by atoms with Crippen LogP contribution in [0.3, 0.4) is 0 Å². The van der Waals surface area contributed by atoms with E-state index < -0.39 is 12.1 Å². The Morgan fingerprint density at radius 3 is 2.44 bits per heavy atom. The van der Waals surface area contributed by atoms with E-state index in [0.717, 1.165) is 16.8 Å². The number of halogens is 4. The van der Waals surface area contributed by atoms with Gasteiger partial charge in [0.1, 0.15) is 12.1 Å². The van der Waals surface area contributed by atoms with Crippen molar-refractivity contribution in [3.63, 3.8) is 0 Å². The van der Waals surface area contributed by atoms with E-state index in [0.29, 0.717) is 34.7 Å². The van der Waals surface area contributed by atoms with Crippen LogP contribution in [0.5, 0.6) is 0 Å². The van der Waals surface area contributed by atoms with Crippen molar-refractivity contribution in [2.45, 2.75) is 38.4 Å². The van der Waals surface area contributed by atoms with Gasteiger partial charge in [-0.2, -0.15) is 0 Å². The Bertz CT molecular complexity index is 1150. The van der Waals surface area contributed by atoms with Gasteiger partial charge < -0.3 is 9.64 Å². The van der Waals surface area contributed by atoms with E-state index in [-0.39, 0.29) is 31.0 Å². The van der Waals surface area contributed by atoms with Crippen LogP contribution >= 0.6 is 47.2 Å². The lowest BCUT2D eigenvalue weighted by Gasteiger charge is -2.43. The van der Waals surface area contributed by atoms with E-state index in [9.17, 15) is 4.79 Å². The van der Waals surface area contributed by atoms with E-state index in [2.05, 4.69) is 27.7 Å². The van der Waals surface area contributed by atoms with Crippen LogP contribution in [-0.2, 0) is 22.7 Å². The van der Waals surface area contributed by atoms with E-state index in [1.807, 2.05) is 48.5 Å². The number of para-hydroxylation sites is 1. The van der Waals surface area contributed by atoms with Crippen LogP contribution in [0.15, 0.2) is 72.8 Å². The van der Waals surface area contributed by atoms with E-state index in [1.165, 1.54) is 0 Å². The second-order valence-electron chi connectivity index (χ2n) is 8.49. The topological polar surface area (TPSA) is 53.6 Å². The lowest BCUT2D eigenvalue weighted by Crippen LogP contribution is -2.67. The van der Waals surface area contributed by atoms with Crippen molar-refractivity contribution in [3.05, 3.63) is 99.0 Å². The van der Waals surface area contributed by atoms with Gasteiger partial charge >= 0.3 is 0 Å². The van der Waals surface area contributed by atoms with Crippen molar-refractivity contribution >= 4 is 58.7 Å². The van der Waals surface area contributed by atoms with Crippen molar-refractivity contribution in [1.82, 2.24) is 10.6 Å². The molecule has 3 unspecified atom stereocenters. The van der Waals surface area contributed by atoms with E-state index in [1.54, 1.807) is 19.1 Å². The van der Waals surface area contributed by atoms with Crippen LogP contribution in [0.2, 0.25) is 15.1 Å². The minimum Gasteiger partial charge on any atom is -0.366 e. The number of rotatable bonds is 9. The number of nitrogens with one attached hydrogen (secondary N) is 2. The van der Waals surface area contributed by atoms with Gasteiger partial charge in [-0.1, -0.05) is 83.3 Å². The lowest BCUT2D eigenvalue weighted by molar-refractivity contribution is -0.132. The summed E-state index contributed by atoms with van der Waals surface area (Å²) < 4.78 is 6.00. The van der Waals surface area contributed by atoms with Gasteiger partial charge in [-0.05, 0) is 42.3 Å². The highest BCUT2D eigenvalue weighted by atomic mass is 35.5. The molecule has 0 spiro atoms. The zero-order valence-electron chi connectivity index (χ0n) is 19.8. The third-order valence-electron chi connectivity index (χ3n) is 6.08. The first-order valence-electron chi connectivity index (χ1n) is 11.5. The fourth-order valence-corrected chi connectivity index (χ4v) is 4.79. The first-order valence-corrected chi connectivity index (χ1v) is 12.7. The predicted molar refractivity (Wildman–Crippen MR) is 151 cm³/mol. The highest BCUT2D eigenvalue weighted by Crippen LogP contribution is 2.30. The molecule has 1 heterocycles. The zero-order chi connectivity index (χ0) is 24.8. The summed E-state index contributed by atoms with van der Waals surface area (Å²) in [5.74, 6) is -0.0391. The molecule has 1 aliphatic heterocycles. The van der Waals surface area contributed by atoms with Crippen molar-refractivity contribution in [2.24, 2.45) is 0 Å². The van der Waals surface area contributed by atoms with Gasteiger partial charge in [0.25, 0.3) is 0 Å². The van der Waals surface area contributed by atoms with Crippen molar-refractivity contribution in [2.75, 3.05) is 18.0 Å². The van der Waals surface area contributed by atoms with Gasteiger partial charge in [0.2, 0.25) is 0 Å². The minimum absolute atomic E-state index is 0. The van der Waals surface area contributed by atoms with E-state index >= 15 is 0 Å². The van der Waals surface area contributed by atoms with Crippen LogP contribution in [0.1, 0.15) is 18.1 Å². The smallest absolute Gasteiger partial charge is 0.186 e. The molecule has 0 aromatic heterocycles. The van der Waals surface area contributed by atoms with Crippen LogP contribution < -0.4 is 15.5 Å². The third kappa shape index (κ3) is 7.14. The first-order chi connectivity index (χ1) is 16.9. The van der Waals surface area contributed by atoms with Crippen LogP contribution in [0.25, 0.3) is 0 Å². The molecule has 5 nitrogen and oxygen atoms in total. The molecule has 192 valence electrons. The molecular formula is C27H29Cl4N3O2. The summed E-state index contributed by atoms with van der Waals surface area (Å²) in [5, 5.41) is 8.55. The Morgan fingerprint density at radius 2 is 1.72 bits per heavy atom. The molecule has 0 radical (unpaired) electrons. The quantitative estimate of drug-likeness (QED) is 0.325. The maximum Gasteiger partial charge on any atom is 0.186 e. The summed E-state index contributed by atoms with van der Waals surface area (Å²) in [6, 6.07) is 22.5. The molecule has 36 heavy (non-hydrogen) atoms. The molecule has 0 saturated carbocycles. The SMILES string of the molecule is CC(OCc1ccc(Cl)c(Cl)c1)C(=O)C1C(NCc2ccccc2)NCCN1c1ccccc1Cl.Cl. The molecule has 3 atom stereocenters. The fourth-order valence-electron chi connectivity index (χ4n) is 4.22. The highest BCUT2D eigenvalue weighted by Gasteiger charge is 2.39. The fraction of sp³-hybridized carbons (Fsp3) is 0.296. The monoisotopic (exact) mass is 567 g/mol. The lowest BCUT2D eigenvalue weighted by atomic mass is 9.99. The number of ether oxygens (including phenoxy) is 1. The summed E-state index contributed by atoms with van der Waals surface area (Å²) >= 11 is 18.7. The standard InChI is InChI=1S/C27H28Cl3N3O2.ClH/c1-18(35-17-20-11-12-21(28)23(30)15-20)26(34)25-27(32-16-19-7-3-2-4-8-19)31-13-14-33(25)24-10-6-5-9-22(24)29;/h2-12,15,18,25,27,31-32H,13-14,16-17H2,1H3;1H. The molecule has 0 amide bonds. The molecule has 1 fully saturated rings. The van der Waals surface area contributed by atoms with E-state index in [4.69, 9.17) is 39.5 Å². The van der Waals surface area contributed by atoms with Crippen LogP contribution in [-0.4, -0.2) is 37.2 Å². The summed E-state index contributed by atoms with van der Waals surface area (Å²) in [6.07, 6.45) is -0.941. The number of ketones is 1. The average molecular weight is 569 g/mol. The van der Waals surface area contributed by atoms with Gasteiger partial charge in [-0.15, -0.1) is 12.4 Å². The average Bonchev–Trinajstić information content (AvgIpc) is 2.88. The molecule has 9 heteroatoms. The molecule has 3 aromatic carbocycles. The summed E-state index contributed by atoms with van der Waals surface area (Å²) in [7, 11) is 0. The Balaban J connectivity index is 0.00000361. The minimum atomic E-state index is -0.652. The molecule has 0 aliphatic carbocycles. The molecule has 3 aromatic rings. The maximum absolute atomic E-state index is 13.8. The summed E-state index contributed by atoms with van der Waals surface area (Å²) in [4.78, 5) is 15.9. The number of anilines is 1. The molecule has 0 bridgehead atoms. The zero-order valence-corrected chi connectivity index (χ0v) is 22.9. The number of carbonyl (C=O) groups excluding carboxylic acids is 1. The molecular weight excluding hydrogens is 540 g/mol. The second kappa shape index (κ2) is 13.6. The van der Waals surface area contributed by atoms with Gasteiger partial charge in [-0.3, -0.25) is 15.4 Å². The number of Topliss-reactive ketones (excluding diaryl/α,β-unsaturated/α-hetero) is 1. The number of carbonyl (C=O) groups is 1. The second-order valence-corrected chi connectivity index (χ2v) is 9.71. The number of piperazine rings is 1. The summed E-state index contributed by atoms with van der Waals surface area (Å²) in [6.45, 7) is 4.01. The normalized spacial score (nSPS) is 18.4. The Kier molecular flexibility index (Phi) is 10.9. The van der Waals surface area contributed by atoms with Gasteiger partial charge in [-0.25, -0.2) is 0 Å². The predicted octanol–water partition coefficient (Wildman–Crippen LogP) is 6.14. The molecule has 1 aliphatic rings. The first kappa shape index (κ1) is 28.7. The van der Waals surface area contributed by atoms with Gasteiger partial charge in [0.15, 0.2) is 5.78 Å². The largest absolute Gasteiger partial charge is 0.366 e. The summed E-state index contributed by atoms with van der Waals surface area (Å²) in [5.41, 5.74) is 2.82. The maximum atomic E-state index is 13.8.